The molecule has 96 valence electrons. The van der Waals surface area contributed by atoms with E-state index in [4.69, 9.17) is 0 Å². The number of aryl methyl sites for hydroxylation is 1. The molecule has 0 fully saturated rings. The van der Waals surface area contributed by atoms with Gasteiger partial charge in [0.15, 0.2) is 0 Å². The van der Waals surface area contributed by atoms with Crippen molar-refractivity contribution in [2.24, 2.45) is 7.05 Å². The van der Waals surface area contributed by atoms with E-state index in [1.807, 2.05) is 0 Å². The Hall–Kier alpha value is -2.12. The third-order valence-corrected chi connectivity index (χ3v) is 2.25. The van der Waals surface area contributed by atoms with E-state index in [9.17, 15) is 18.0 Å². The van der Waals surface area contributed by atoms with Gasteiger partial charge in [-0.25, -0.2) is 0 Å². The number of Topliss-reactive ketones (excluding diaryl/α,β-unsaturated/α-hetero) is 1. The van der Waals surface area contributed by atoms with Crippen molar-refractivity contribution in [2.45, 2.75) is 12.7 Å². The Bertz CT molecular complexity index is 570. The van der Waals surface area contributed by atoms with E-state index < -0.39 is 17.5 Å². The number of hydrogen-bond donors (Lipinski definition) is 0. The first-order valence-electron chi connectivity index (χ1n) is 4.99. The molecule has 2 heterocycles. The van der Waals surface area contributed by atoms with Crippen LogP contribution in [0.5, 0.6) is 0 Å². The van der Waals surface area contributed by atoms with Gasteiger partial charge in [0.2, 0.25) is 0 Å². The number of aromatic nitrogens is 4. The second kappa shape index (κ2) is 4.28. The topological polar surface area (TPSA) is 52.7 Å². The second-order valence-corrected chi connectivity index (χ2v) is 3.73. The first-order valence-corrected chi connectivity index (χ1v) is 4.99. The van der Waals surface area contributed by atoms with Gasteiger partial charge in [0, 0.05) is 19.4 Å². The standard InChI is InChI=1S/C10H9F3N4O/c1-16-3-2-8(15-16)6-17-5-7(4-14-17)9(18)10(11,12)13/h2-5H,6H2,1H3. The molecule has 0 saturated heterocycles. The highest BCUT2D eigenvalue weighted by atomic mass is 19.4. The fourth-order valence-corrected chi connectivity index (χ4v) is 1.44. The fourth-order valence-electron chi connectivity index (χ4n) is 1.44. The molecule has 5 nitrogen and oxygen atoms in total. The third kappa shape index (κ3) is 2.58. The van der Waals surface area contributed by atoms with E-state index in [2.05, 4.69) is 10.2 Å². The lowest BCUT2D eigenvalue weighted by Crippen LogP contribution is -2.22. The summed E-state index contributed by atoms with van der Waals surface area (Å²) in [7, 11) is 1.73. The number of nitrogens with zero attached hydrogens (tertiary/aromatic N) is 4. The molecule has 0 unspecified atom stereocenters. The van der Waals surface area contributed by atoms with Crippen molar-refractivity contribution < 1.29 is 18.0 Å². The minimum atomic E-state index is -4.88. The summed E-state index contributed by atoms with van der Waals surface area (Å²) in [5, 5.41) is 7.76. The lowest BCUT2D eigenvalue weighted by atomic mass is 10.2. The summed E-state index contributed by atoms with van der Waals surface area (Å²) >= 11 is 0. The Kier molecular flexibility index (Phi) is 2.93. The molecule has 0 aliphatic heterocycles. The molecule has 0 atom stereocenters. The van der Waals surface area contributed by atoms with E-state index in [0.29, 0.717) is 5.69 Å². The number of alkyl halides is 3. The predicted molar refractivity (Wildman–Crippen MR) is 54.9 cm³/mol. The summed E-state index contributed by atoms with van der Waals surface area (Å²) in [6, 6.07) is 1.72. The first kappa shape index (κ1) is 12.3. The molecular weight excluding hydrogens is 249 g/mol. The van der Waals surface area contributed by atoms with Crippen LogP contribution >= 0.6 is 0 Å². The molecule has 2 aromatic heterocycles. The van der Waals surface area contributed by atoms with Crippen LogP contribution in [0.25, 0.3) is 0 Å². The SMILES string of the molecule is Cn1ccc(Cn2cc(C(=O)C(F)(F)F)cn2)n1. The maximum atomic E-state index is 12.2. The zero-order valence-electron chi connectivity index (χ0n) is 9.35. The summed E-state index contributed by atoms with van der Waals surface area (Å²) in [5.41, 5.74) is 0.171. The molecule has 0 bridgehead atoms. The van der Waals surface area contributed by atoms with Gasteiger partial charge in [0.25, 0.3) is 5.78 Å². The van der Waals surface area contributed by atoms with Gasteiger partial charge < -0.3 is 0 Å². The van der Waals surface area contributed by atoms with Gasteiger partial charge in [-0.3, -0.25) is 14.2 Å². The van der Waals surface area contributed by atoms with Crippen LogP contribution in [0, 0.1) is 0 Å². The molecule has 2 rings (SSSR count). The second-order valence-electron chi connectivity index (χ2n) is 3.73. The lowest BCUT2D eigenvalue weighted by molar-refractivity contribution is -0.0885. The highest BCUT2D eigenvalue weighted by molar-refractivity contribution is 5.99. The van der Waals surface area contributed by atoms with Crippen molar-refractivity contribution in [2.75, 3.05) is 0 Å². The van der Waals surface area contributed by atoms with Crippen molar-refractivity contribution in [3.63, 3.8) is 0 Å². The summed E-state index contributed by atoms with van der Waals surface area (Å²) in [5.74, 6) is -1.89. The quantitative estimate of drug-likeness (QED) is 0.782. The van der Waals surface area contributed by atoms with Crippen LogP contribution in [0.15, 0.2) is 24.7 Å². The number of hydrogen-bond acceptors (Lipinski definition) is 3. The van der Waals surface area contributed by atoms with Crippen LogP contribution in [0.3, 0.4) is 0 Å². The highest BCUT2D eigenvalue weighted by Crippen LogP contribution is 2.21. The minimum Gasteiger partial charge on any atom is -0.284 e. The average Bonchev–Trinajstić information content (AvgIpc) is 2.86. The number of rotatable bonds is 3. The summed E-state index contributed by atoms with van der Waals surface area (Å²) in [4.78, 5) is 10.9. The molecule has 0 amide bonds. The van der Waals surface area contributed by atoms with Gasteiger partial charge in [-0.1, -0.05) is 0 Å². The number of ketones is 1. The van der Waals surface area contributed by atoms with Gasteiger partial charge in [-0.15, -0.1) is 0 Å². The van der Waals surface area contributed by atoms with Gasteiger partial charge in [-0.2, -0.15) is 23.4 Å². The molecule has 0 aromatic carbocycles. The minimum absolute atomic E-state index is 0.214. The van der Waals surface area contributed by atoms with Crippen molar-refractivity contribution in [1.82, 2.24) is 19.6 Å². The van der Waals surface area contributed by atoms with Crippen LogP contribution in [-0.2, 0) is 13.6 Å². The molecule has 0 radical (unpaired) electrons. The number of carbonyl (C=O) groups excluding carboxylic acids is 1. The largest absolute Gasteiger partial charge is 0.454 e. The predicted octanol–water partition coefficient (Wildman–Crippen LogP) is 1.41. The maximum Gasteiger partial charge on any atom is 0.454 e. The van der Waals surface area contributed by atoms with Crippen molar-refractivity contribution >= 4 is 5.78 Å². The average molecular weight is 258 g/mol. The molecule has 0 spiro atoms. The maximum absolute atomic E-state index is 12.2. The van der Waals surface area contributed by atoms with Crippen molar-refractivity contribution in [3.8, 4) is 0 Å². The molecule has 0 aliphatic rings. The van der Waals surface area contributed by atoms with E-state index in [-0.39, 0.29) is 6.54 Å². The van der Waals surface area contributed by atoms with Crippen LogP contribution in [0.1, 0.15) is 16.1 Å². The Balaban J connectivity index is 2.14. The van der Waals surface area contributed by atoms with Crippen LogP contribution in [0.4, 0.5) is 13.2 Å². The molecule has 0 aliphatic carbocycles. The summed E-state index contributed by atoms with van der Waals surface area (Å²) in [6.07, 6.45) is -1.21. The highest BCUT2D eigenvalue weighted by Gasteiger charge is 2.39. The van der Waals surface area contributed by atoms with Crippen molar-refractivity contribution in [3.05, 3.63) is 35.9 Å². The third-order valence-electron chi connectivity index (χ3n) is 2.25. The van der Waals surface area contributed by atoms with E-state index in [0.717, 1.165) is 12.4 Å². The molecule has 0 saturated carbocycles. The van der Waals surface area contributed by atoms with E-state index in [1.165, 1.54) is 4.68 Å². The van der Waals surface area contributed by atoms with Gasteiger partial charge in [0.05, 0.1) is 24.0 Å². The molecular formula is C10H9F3N4O. The normalized spacial score (nSPS) is 11.8. The van der Waals surface area contributed by atoms with Gasteiger partial charge >= 0.3 is 6.18 Å². The van der Waals surface area contributed by atoms with Crippen LogP contribution < -0.4 is 0 Å². The zero-order valence-corrected chi connectivity index (χ0v) is 9.35. The van der Waals surface area contributed by atoms with E-state index in [1.54, 1.807) is 24.0 Å². The first-order chi connectivity index (χ1) is 8.36. The molecule has 18 heavy (non-hydrogen) atoms. The zero-order chi connectivity index (χ0) is 13.3. The van der Waals surface area contributed by atoms with Crippen LogP contribution in [0.2, 0.25) is 0 Å². The smallest absolute Gasteiger partial charge is 0.284 e. The number of halogens is 3. The Morgan fingerprint density at radius 1 is 1.44 bits per heavy atom. The van der Waals surface area contributed by atoms with E-state index >= 15 is 0 Å². The number of carbonyl (C=O) groups is 1. The molecule has 2 aromatic rings. The lowest BCUT2D eigenvalue weighted by Gasteiger charge is -2.01. The molecule has 8 heteroatoms. The van der Waals surface area contributed by atoms with Crippen molar-refractivity contribution in [1.29, 1.82) is 0 Å². The Morgan fingerprint density at radius 2 is 2.17 bits per heavy atom. The fraction of sp³-hybridized carbons (Fsp3) is 0.300. The molecule has 0 N–H and O–H groups in total. The van der Waals surface area contributed by atoms with Gasteiger partial charge in [0.1, 0.15) is 0 Å². The van der Waals surface area contributed by atoms with Gasteiger partial charge in [-0.05, 0) is 6.07 Å². The van der Waals surface area contributed by atoms with Crippen LogP contribution in [-0.4, -0.2) is 31.5 Å². The summed E-state index contributed by atoms with van der Waals surface area (Å²) in [6.45, 7) is 0.214. The summed E-state index contributed by atoms with van der Waals surface area (Å²) < 4.78 is 39.3. The Morgan fingerprint density at radius 3 is 2.72 bits per heavy atom. The Labute approximate surface area is 99.8 Å². The monoisotopic (exact) mass is 258 g/mol.